The van der Waals surface area contributed by atoms with Gasteiger partial charge in [0.1, 0.15) is 5.25 Å². The third kappa shape index (κ3) is 0.877. The molecule has 0 aromatic rings. The molecule has 8 heavy (non-hydrogen) atoms. The van der Waals surface area contributed by atoms with Crippen molar-refractivity contribution in [1.82, 2.24) is 0 Å². The molecule has 1 rings (SSSR count). The first-order valence-corrected chi connectivity index (χ1v) is 3.18. The zero-order chi connectivity index (χ0) is 6.36. The lowest BCUT2D eigenvalue weighted by atomic mass is 10.8. The molecule has 48 valence electrons. The average Bonchev–Trinajstić information content (AvgIpc) is 2.13. The highest BCUT2D eigenvalue weighted by molar-refractivity contribution is 7.80. The molecule has 2 atom stereocenters. The molecule has 0 aromatic heterocycles. The molecular weight excluding hydrogens is 138 g/mol. The number of hydrogen-bond donors (Lipinski definition) is 1. The summed E-state index contributed by atoms with van der Waals surface area (Å²) in [5.74, 6) is -2.86. The molecule has 0 heterocycles. The van der Waals surface area contributed by atoms with Crippen LogP contribution in [0.25, 0.3) is 0 Å². The highest BCUT2D eigenvalue weighted by Crippen LogP contribution is 2.44. The number of rotatable bonds is 1. The summed E-state index contributed by atoms with van der Waals surface area (Å²) in [5.41, 5.74) is 0. The Hall–Kier alpha value is -0.0300. The molecule has 1 N–H and O–H groups in total. The highest BCUT2D eigenvalue weighted by atomic mass is 32.2. The summed E-state index contributed by atoms with van der Waals surface area (Å²) in [6.45, 7) is 0. The van der Waals surface area contributed by atoms with Gasteiger partial charge in [-0.3, -0.25) is 0 Å². The molecule has 1 saturated carbocycles. The van der Waals surface area contributed by atoms with Crippen LogP contribution in [0.3, 0.4) is 0 Å². The number of alkyl halides is 2. The number of halogens is 2. The zero-order valence-corrected chi connectivity index (χ0v) is 4.62. The van der Waals surface area contributed by atoms with Crippen LogP contribution < -0.4 is 0 Å². The molecule has 0 radical (unpaired) electrons. The van der Waals surface area contributed by atoms with Gasteiger partial charge < -0.3 is 4.55 Å². The van der Waals surface area contributed by atoms with Gasteiger partial charge >= 0.3 is 0 Å². The normalized spacial score (nSPS) is 36.6. The van der Waals surface area contributed by atoms with Crippen molar-refractivity contribution in [3.05, 3.63) is 0 Å². The van der Waals surface area contributed by atoms with Crippen molar-refractivity contribution in [3.8, 4) is 0 Å². The van der Waals surface area contributed by atoms with Crippen molar-refractivity contribution < 1.29 is 17.5 Å². The van der Waals surface area contributed by atoms with Gasteiger partial charge in [-0.05, 0) is 0 Å². The first-order valence-electron chi connectivity index (χ1n) is 2.01. The lowest BCUT2D eigenvalue weighted by Crippen LogP contribution is -2.04. The van der Waals surface area contributed by atoms with E-state index in [4.69, 9.17) is 4.55 Å². The predicted molar refractivity (Wildman–Crippen MR) is 24.1 cm³/mol. The van der Waals surface area contributed by atoms with Crippen molar-refractivity contribution in [1.29, 1.82) is 0 Å². The summed E-state index contributed by atoms with van der Waals surface area (Å²) >= 11 is -2.33. The SMILES string of the molecule is O=S(O)C1CC1(F)F. The van der Waals surface area contributed by atoms with Gasteiger partial charge in [-0.15, -0.1) is 0 Å². The van der Waals surface area contributed by atoms with Crippen molar-refractivity contribution in [2.45, 2.75) is 17.6 Å². The fourth-order valence-electron chi connectivity index (χ4n) is 0.407. The van der Waals surface area contributed by atoms with Crippen LogP contribution in [0.4, 0.5) is 8.78 Å². The summed E-state index contributed by atoms with van der Waals surface area (Å²) in [5, 5.41) is -1.29. The third-order valence-electron chi connectivity index (χ3n) is 1.01. The number of hydrogen-bond acceptors (Lipinski definition) is 1. The summed E-state index contributed by atoms with van der Waals surface area (Å²) in [4.78, 5) is 0. The van der Waals surface area contributed by atoms with E-state index in [1.165, 1.54) is 0 Å². The second-order valence-corrected chi connectivity index (χ2v) is 2.85. The van der Waals surface area contributed by atoms with Crippen LogP contribution in [0, 0.1) is 0 Å². The zero-order valence-electron chi connectivity index (χ0n) is 3.80. The van der Waals surface area contributed by atoms with Crippen LogP contribution in [-0.2, 0) is 11.1 Å². The second-order valence-electron chi connectivity index (χ2n) is 1.73. The van der Waals surface area contributed by atoms with Crippen molar-refractivity contribution in [3.63, 3.8) is 0 Å². The summed E-state index contributed by atoms with van der Waals surface area (Å²) in [7, 11) is 0. The molecule has 0 aliphatic heterocycles. The molecule has 1 fully saturated rings. The van der Waals surface area contributed by atoms with Gasteiger partial charge in [0.25, 0.3) is 5.92 Å². The van der Waals surface area contributed by atoms with Crippen molar-refractivity contribution >= 4 is 11.1 Å². The molecule has 2 unspecified atom stereocenters. The fourth-order valence-corrected chi connectivity index (χ4v) is 1.07. The maximum atomic E-state index is 11.7. The summed E-state index contributed by atoms with van der Waals surface area (Å²) in [6, 6.07) is 0. The first kappa shape index (κ1) is 6.10. The van der Waals surface area contributed by atoms with Gasteiger partial charge in [-0.25, -0.2) is 13.0 Å². The van der Waals surface area contributed by atoms with E-state index in [9.17, 15) is 13.0 Å². The van der Waals surface area contributed by atoms with Crippen molar-refractivity contribution in [2.24, 2.45) is 0 Å². The monoisotopic (exact) mass is 142 g/mol. The quantitative estimate of drug-likeness (QED) is 0.545. The minimum absolute atomic E-state index is 0.434. The average molecular weight is 142 g/mol. The maximum absolute atomic E-state index is 11.7. The van der Waals surface area contributed by atoms with E-state index >= 15 is 0 Å². The topological polar surface area (TPSA) is 37.3 Å². The molecule has 1 aliphatic carbocycles. The van der Waals surface area contributed by atoms with Crippen LogP contribution in [0.2, 0.25) is 0 Å². The van der Waals surface area contributed by atoms with Crippen LogP contribution >= 0.6 is 0 Å². The Morgan fingerprint density at radius 1 is 1.75 bits per heavy atom. The molecule has 0 aromatic carbocycles. The molecule has 0 saturated heterocycles. The molecule has 0 amide bonds. The minimum atomic E-state index is -2.86. The fraction of sp³-hybridized carbons (Fsp3) is 1.00. The smallest absolute Gasteiger partial charge is 0.266 e. The Labute approximate surface area is 47.2 Å². The van der Waals surface area contributed by atoms with Crippen molar-refractivity contribution in [2.75, 3.05) is 0 Å². The Balaban J connectivity index is 2.48. The van der Waals surface area contributed by atoms with Crippen LogP contribution in [-0.4, -0.2) is 19.9 Å². The molecule has 0 bridgehead atoms. The van der Waals surface area contributed by atoms with E-state index in [2.05, 4.69) is 0 Å². The molecule has 2 nitrogen and oxygen atoms in total. The Morgan fingerprint density at radius 3 is 2.12 bits per heavy atom. The molecule has 0 spiro atoms. The van der Waals surface area contributed by atoms with Gasteiger partial charge in [0, 0.05) is 6.42 Å². The first-order chi connectivity index (χ1) is 3.54. The van der Waals surface area contributed by atoms with E-state index in [0.29, 0.717) is 0 Å². The van der Waals surface area contributed by atoms with E-state index in [0.717, 1.165) is 0 Å². The third-order valence-corrected chi connectivity index (χ3v) is 2.01. The van der Waals surface area contributed by atoms with E-state index in [1.807, 2.05) is 0 Å². The lowest BCUT2D eigenvalue weighted by molar-refractivity contribution is 0.121. The molecular formula is C3H4F2O2S. The maximum Gasteiger partial charge on any atom is 0.266 e. The Kier molecular flexibility index (Phi) is 1.13. The Morgan fingerprint density at radius 2 is 2.12 bits per heavy atom. The van der Waals surface area contributed by atoms with E-state index in [1.54, 1.807) is 0 Å². The van der Waals surface area contributed by atoms with Crippen LogP contribution in [0.15, 0.2) is 0 Å². The van der Waals surface area contributed by atoms with E-state index in [-0.39, 0.29) is 0 Å². The van der Waals surface area contributed by atoms with E-state index < -0.39 is 28.7 Å². The standard InChI is InChI=1S/C3H4F2O2S/c4-3(5)1-2(3)8(6)7/h2H,1H2,(H,6,7). The van der Waals surface area contributed by atoms with Gasteiger partial charge in [0.15, 0.2) is 11.1 Å². The second kappa shape index (κ2) is 1.48. The van der Waals surface area contributed by atoms with Gasteiger partial charge in [0.2, 0.25) is 0 Å². The summed E-state index contributed by atoms with van der Waals surface area (Å²) < 4.78 is 41.2. The highest BCUT2D eigenvalue weighted by Gasteiger charge is 2.61. The molecule has 5 heteroatoms. The van der Waals surface area contributed by atoms with Gasteiger partial charge in [0.05, 0.1) is 0 Å². The summed E-state index contributed by atoms with van der Waals surface area (Å²) in [6.07, 6.45) is -0.434. The molecule has 1 aliphatic rings. The van der Waals surface area contributed by atoms with Gasteiger partial charge in [-0.2, -0.15) is 0 Å². The van der Waals surface area contributed by atoms with Gasteiger partial charge in [-0.1, -0.05) is 0 Å². The van der Waals surface area contributed by atoms with Crippen LogP contribution in [0.1, 0.15) is 6.42 Å². The minimum Gasteiger partial charge on any atom is -0.306 e. The Bertz CT molecular complexity index is 135. The predicted octanol–water partition coefficient (Wildman–Crippen LogP) is 0.616. The largest absolute Gasteiger partial charge is 0.306 e. The lowest BCUT2D eigenvalue weighted by Gasteiger charge is -1.87. The van der Waals surface area contributed by atoms with Crippen LogP contribution in [0.5, 0.6) is 0 Å².